The second-order valence-corrected chi connectivity index (χ2v) is 7.30. The second kappa shape index (κ2) is 9.45. The molecule has 0 saturated carbocycles. The molecule has 0 radical (unpaired) electrons. The molecule has 2 N–H and O–H groups in total. The van der Waals surface area contributed by atoms with Crippen molar-refractivity contribution in [3.63, 3.8) is 0 Å². The van der Waals surface area contributed by atoms with Gasteiger partial charge in [0.25, 0.3) is 5.91 Å². The number of anilines is 2. The van der Waals surface area contributed by atoms with Crippen LogP contribution in [0.4, 0.5) is 24.8 Å². The molecule has 3 aromatic rings. The zero-order valence-electron chi connectivity index (χ0n) is 17.6. The van der Waals surface area contributed by atoms with E-state index in [4.69, 9.17) is 4.74 Å². The molecule has 1 aliphatic rings. The van der Waals surface area contributed by atoms with Crippen LogP contribution in [0.3, 0.4) is 0 Å². The highest BCUT2D eigenvalue weighted by Gasteiger charge is 2.31. The van der Waals surface area contributed by atoms with E-state index in [1.165, 1.54) is 18.3 Å². The van der Waals surface area contributed by atoms with Crippen LogP contribution in [0.2, 0.25) is 0 Å². The SMILES string of the molecule is Cc1nc(N2CCNCC2)nc2ncc(NC(=O)COc3ccc(OC(F)(F)F)cc3)cc12. The molecule has 0 atom stereocenters. The maximum atomic E-state index is 12.2. The number of nitrogens with one attached hydrogen (secondary N) is 2. The van der Waals surface area contributed by atoms with Crippen molar-refractivity contribution in [2.45, 2.75) is 13.3 Å². The number of piperazine rings is 1. The molecule has 1 fully saturated rings. The lowest BCUT2D eigenvalue weighted by atomic mass is 10.2. The number of ether oxygens (including phenoxy) is 2. The standard InChI is InChI=1S/C21H21F3N6O3/c1-13-17-10-14(11-26-19(17)29-20(27-13)30-8-6-25-7-9-30)28-18(31)12-32-15-2-4-16(5-3-15)33-21(22,23)24/h2-5,10-11,25H,6-9,12H2,1H3,(H,28,31). The summed E-state index contributed by atoms with van der Waals surface area (Å²) >= 11 is 0. The zero-order chi connectivity index (χ0) is 23.4. The first kappa shape index (κ1) is 22.5. The van der Waals surface area contributed by atoms with Gasteiger partial charge in [-0.3, -0.25) is 4.79 Å². The second-order valence-electron chi connectivity index (χ2n) is 7.30. The predicted octanol–water partition coefficient (Wildman–Crippen LogP) is 2.66. The quantitative estimate of drug-likeness (QED) is 0.577. The summed E-state index contributed by atoms with van der Waals surface area (Å²) in [4.78, 5) is 27.8. The Kier molecular flexibility index (Phi) is 6.45. The molecule has 4 rings (SSSR count). The molecule has 1 amide bonds. The number of carbonyl (C=O) groups is 1. The van der Waals surface area contributed by atoms with Crippen molar-refractivity contribution in [2.24, 2.45) is 0 Å². The van der Waals surface area contributed by atoms with Crippen LogP contribution in [0.25, 0.3) is 11.0 Å². The molecule has 0 aliphatic carbocycles. The van der Waals surface area contributed by atoms with Gasteiger partial charge >= 0.3 is 6.36 Å². The van der Waals surface area contributed by atoms with E-state index in [2.05, 4.69) is 35.2 Å². The molecule has 0 spiro atoms. The first-order valence-corrected chi connectivity index (χ1v) is 10.2. The molecule has 33 heavy (non-hydrogen) atoms. The van der Waals surface area contributed by atoms with E-state index in [1.807, 2.05) is 6.92 Å². The Morgan fingerprint density at radius 3 is 2.55 bits per heavy atom. The Morgan fingerprint density at radius 1 is 1.15 bits per heavy atom. The van der Waals surface area contributed by atoms with Crippen LogP contribution in [-0.2, 0) is 4.79 Å². The third-order valence-electron chi connectivity index (χ3n) is 4.84. The normalized spacial score (nSPS) is 14.2. The van der Waals surface area contributed by atoms with Gasteiger partial charge in [0.05, 0.1) is 17.6 Å². The van der Waals surface area contributed by atoms with E-state index in [1.54, 1.807) is 6.07 Å². The number of nitrogens with zero attached hydrogens (tertiary/aromatic N) is 4. The van der Waals surface area contributed by atoms with Crippen molar-refractivity contribution in [1.82, 2.24) is 20.3 Å². The Balaban J connectivity index is 1.37. The van der Waals surface area contributed by atoms with Crippen molar-refractivity contribution < 1.29 is 27.4 Å². The molecule has 3 heterocycles. The highest BCUT2D eigenvalue weighted by atomic mass is 19.4. The smallest absolute Gasteiger partial charge is 0.484 e. The molecule has 1 aromatic carbocycles. The summed E-state index contributed by atoms with van der Waals surface area (Å²) in [6.45, 7) is 4.89. The van der Waals surface area contributed by atoms with Gasteiger partial charge < -0.3 is 25.0 Å². The number of amides is 1. The molecule has 2 aromatic heterocycles. The Hall–Kier alpha value is -3.67. The van der Waals surface area contributed by atoms with Crippen LogP contribution in [-0.4, -0.2) is 60.0 Å². The molecular formula is C21H21F3N6O3. The summed E-state index contributed by atoms with van der Waals surface area (Å²) in [6, 6.07) is 6.50. The van der Waals surface area contributed by atoms with Crippen molar-refractivity contribution in [3.05, 3.63) is 42.2 Å². The number of benzene rings is 1. The monoisotopic (exact) mass is 462 g/mol. The topological polar surface area (TPSA) is 102 Å². The van der Waals surface area contributed by atoms with Crippen molar-refractivity contribution in [1.29, 1.82) is 0 Å². The lowest BCUT2D eigenvalue weighted by Crippen LogP contribution is -2.44. The Labute approximate surface area is 186 Å². The number of rotatable bonds is 6. The van der Waals surface area contributed by atoms with Crippen LogP contribution < -0.4 is 25.0 Å². The first-order valence-electron chi connectivity index (χ1n) is 10.2. The van der Waals surface area contributed by atoms with Gasteiger partial charge in [-0.25, -0.2) is 9.97 Å². The number of pyridine rings is 1. The van der Waals surface area contributed by atoms with Crippen molar-refractivity contribution in [3.8, 4) is 11.5 Å². The van der Waals surface area contributed by atoms with Gasteiger partial charge in [0, 0.05) is 31.6 Å². The van der Waals surface area contributed by atoms with Crippen LogP contribution in [0.5, 0.6) is 11.5 Å². The minimum atomic E-state index is -4.77. The maximum absolute atomic E-state index is 12.2. The lowest BCUT2D eigenvalue weighted by Gasteiger charge is -2.27. The fourth-order valence-electron chi connectivity index (χ4n) is 3.30. The highest BCUT2D eigenvalue weighted by Crippen LogP contribution is 2.25. The van der Waals surface area contributed by atoms with E-state index in [-0.39, 0.29) is 18.1 Å². The molecule has 0 bridgehead atoms. The van der Waals surface area contributed by atoms with Gasteiger partial charge in [-0.1, -0.05) is 0 Å². The fraction of sp³-hybridized carbons (Fsp3) is 0.333. The number of aromatic nitrogens is 3. The number of alkyl halides is 3. The van der Waals surface area contributed by atoms with E-state index >= 15 is 0 Å². The van der Waals surface area contributed by atoms with Gasteiger partial charge in [-0.15, -0.1) is 13.2 Å². The number of hydrogen-bond donors (Lipinski definition) is 2. The van der Waals surface area contributed by atoms with Crippen molar-refractivity contribution in [2.75, 3.05) is 43.0 Å². The zero-order valence-corrected chi connectivity index (χ0v) is 17.6. The third-order valence-corrected chi connectivity index (χ3v) is 4.84. The van der Waals surface area contributed by atoms with Gasteiger partial charge in [0.15, 0.2) is 12.3 Å². The van der Waals surface area contributed by atoms with Gasteiger partial charge in [0.1, 0.15) is 11.5 Å². The van der Waals surface area contributed by atoms with E-state index in [0.29, 0.717) is 22.7 Å². The fourth-order valence-corrected chi connectivity index (χ4v) is 3.30. The maximum Gasteiger partial charge on any atom is 0.573 e. The number of hydrogen-bond acceptors (Lipinski definition) is 8. The molecule has 0 unspecified atom stereocenters. The Morgan fingerprint density at radius 2 is 1.85 bits per heavy atom. The summed E-state index contributed by atoms with van der Waals surface area (Å²) in [5, 5.41) is 6.68. The average Bonchev–Trinajstić information content (AvgIpc) is 2.78. The minimum absolute atomic E-state index is 0.223. The van der Waals surface area contributed by atoms with Crippen molar-refractivity contribution >= 4 is 28.6 Å². The number of carbonyl (C=O) groups excluding carboxylic acids is 1. The summed E-state index contributed by atoms with van der Waals surface area (Å²) in [5.74, 6) is 0.0221. The summed E-state index contributed by atoms with van der Waals surface area (Å²) in [5.41, 5.74) is 1.73. The number of halogens is 3. The molecule has 1 aliphatic heterocycles. The predicted molar refractivity (Wildman–Crippen MR) is 114 cm³/mol. The van der Waals surface area contributed by atoms with Crippen LogP contribution >= 0.6 is 0 Å². The summed E-state index contributed by atoms with van der Waals surface area (Å²) in [7, 11) is 0. The summed E-state index contributed by atoms with van der Waals surface area (Å²) in [6.07, 6.45) is -3.27. The Bertz CT molecular complexity index is 1130. The summed E-state index contributed by atoms with van der Waals surface area (Å²) < 4.78 is 45.7. The number of aryl methyl sites for hydroxylation is 1. The first-order chi connectivity index (χ1) is 15.8. The van der Waals surface area contributed by atoms with Gasteiger partial charge in [0.2, 0.25) is 5.95 Å². The molecule has 9 nitrogen and oxygen atoms in total. The highest BCUT2D eigenvalue weighted by molar-refractivity contribution is 5.94. The molecule has 174 valence electrons. The molecular weight excluding hydrogens is 441 g/mol. The van der Waals surface area contributed by atoms with Crippen LogP contribution in [0, 0.1) is 6.92 Å². The van der Waals surface area contributed by atoms with Gasteiger partial charge in [-0.05, 0) is 37.3 Å². The number of fused-ring (bicyclic) bond motifs is 1. The van der Waals surface area contributed by atoms with Crippen LogP contribution in [0.15, 0.2) is 36.5 Å². The van der Waals surface area contributed by atoms with Crippen LogP contribution in [0.1, 0.15) is 5.69 Å². The molecule has 1 saturated heterocycles. The average molecular weight is 462 g/mol. The van der Waals surface area contributed by atoms with E-state index in [9.17, 15) is 18.0 Å². The van der Waals surface area contributed by atoms with E-state index < -0.39 is 12.3 Å². The van der Waals surface area contributed by atoms with E-state index in [0.717, 1.165) is 44.0 Å². The lowest BCUT2D eigenvalue weighted by molar-refractivity contribution is -0.274. The van der Waals surface area contributed by atoms with Gasteiger partial charge in [-0.2, -0.15) is 4.98 Å². The molecule has 12 heteroatoms. The largest absolute Gasteiger partial charge is 0.573 e. The minimum Gasteiger partial charge on any atom is -0.484 e. The third kappa shape index (κ3) is 5.98.